The molecule has 216 valence electrons. The first-order valence-electron chi connectivity index (χ1n) is 16.3. The Morgan fingerprint density at radius 1 is 0.417 bits per heavy atom. The third kappa shape index (κ3) is 28.4. The molecule has 0 spiro atoms. The summed E-state index contributed by atoms with van der Waals surface area (Å²) in [6.45, 7) is 9.88. The van der Waals surface area contributed by atoms with E-state index in [0.29, 0.717) is 12.2 Å². The molecule has 0 saturated carbocycles. The van der Waals surface area contributed by atoms with E-state index in [4.69, 9.17) is 18.9 Å². The summed E-state index contributed by atoms with van der Waals surface area (Å²) >= 11 is 0. The lowest BCUT2D eigenvalue weighted by atomic mass is 10.1. The molecule has 4 nitrogen and oxygen atoms in total. The summed E-state index contributed by atoms with van der Waals surface area (Å²) in [6, 6.07) is 0. The number of unbranched alkanes of at least 4 members (excludes halogenated alkanes) is 20. The summed E-state index contributed by atoms with van der Waals surface area (Å²) in [6.07, 6.45) is 31.6. The zero-order valence-electron chi connectivity index (χ0n) is 24.6. The zero-order chi connectivity index (χ0) is 25.8. The summed E-state index contributed by atoms with van der Waals surface area (Å²) in [4.78, 5) is 0. The van der Waals surface area contributed by atoms with Crippen molar-refractivity contribution in [1.82, 2.24) is 0 Å². The fourth-order valence-corrected chi connectivity index (χ4v) is 4.49. The van der Waals surface area contributed by atoms with Gasteiger partial charge in [0, 0.05) is 13.2 Å². The molecule has 0 aromatic heterocycles. The van der Waals surface area contributed by atoms with Gasteiger partial charge in [0.1, 0.15) is 12.2 Å². The van der Waals surface area contributed by atoms with Crippen LogP contribution in [0, 0.1) is 0 Å². The average molecular weight is 513 g/mol. The van der Waals surface area contributed by atoms with Gasteiger partial charge in [-0.3, -0.25) is 0 Å². The van der Waals surface area contributed by atoms with E-state index in [9.17, 15) is 0 Å². The minimum atomic E-state index is 0.428. The molecule has 36 heavy (non-hydrogen) atoms. The first-order valence-corrected chi connectivity index (χ1v) is 16.3. The standard InChI is InChI=1S/C17H34O2.C15H30O2/c1-2-3-4-5-6-7-8-9-10-11-12-13-14-18-15-17-16-19-17;1-2-3-4-5-6-7-8-9-10-11-12-16-13-15-14-17-15/h17H,2-16H2,1H3;15H,2-14H2,1H3. The van der Waals surface area contributed by atoms with Gasteiger partial charge >= 0.3 is 0 Å². The number of rotatable bonds is 28. The topological polar surface area (TPSA) is 43.5 Å². The molecular weight excluding hydrogens is 448 g/mol. The molecule has 2 unspecified atom stereocenters. The van der Waals surface area contributed by atoms with Crippen LogP contribution in [0.5, 0.6) is 0 Å². The second-order valence-electron chi connectivity index (χ2n) is 11.1. The van der Waals surface area contributed by atoms with E-state index in [2.05, 4.69) is 13.8 Å². The van der Waals surface area contributed by atoms with Gasteiger partial charge < -0.3 is 18.9 Å². The van der Waals surface area contributed by atoms with Crippen molar-refractivity contribution in [2.24, 2.45) is 0 Å². The van der Waals surface area contributed by atoms with Gasteiger partial charge in [-0.1, -0.05) is 142 Å². The third-order valence-corrected chi connectivity index (χ3v) is 7.20. The predicted octanol–water partition coefficient (Wildman–Crippen LogP) is 9.43. The van der Waals surface area contributed by atoms with Crippen LogP contribution < -0.4 is 0 Å². The second kappa shape index (κ2) is 27.9. The molecule has 0 aromatic carbocycles. The Kier molecular flexibility index (Phi) is 26.2. The van der Waals surface area contributed by atoms with Gasteiger partial charge in [-0.15, -0.1) is 0 Å². The molecule has 0 radical (unpaired) electrons. The molecule has 0 N–H and O–H groups in total. The summed E-state index contributed by atoms with van der Waals surface area (Å²) in [7, 11) is 0. The maximum atomic E-state index is 5.52. The molecule has 0 amide bonds. The molecule has 2 saturated heterocycles. The SMILES string of the molecule is CCCCCCCCCCCCCCOCC1CO1.CCCCCCCCCCCCOCC1CO1. The summed E-state index contributed by atoms with van der Waals surface area (Å²) in [5, 5.41) is 0. The quantitative estimate of drug-likeness (QED) is 0.0773. The van der Waals surface area contributed by atoms with Crippen LogP contribution in [0.1, 0.15) is 155 Å². The molecule has 0 aliphatic carbocycles. The van der Waals surface area contributed by atoms with Crippen LogP contribution in [0.15, 0.2) is 0 Å². The summed E-state index contributed by atoms with van der Waals surface area (Å²) in [5.41, 5.74) is 0. The van der Waals surface area contributed by atoms with E-state index in [1.807, 2.05) is 0 Å². The molecule has 2 aliphatic heterocycles. The Labute approximate surface area is 226 Å². The first kappa shape index (κ1) is 33.9. The minimum absolute atomic E-state index is 0.428. The molecule has 4 heteroatoms. The Morgan fingerprint density at radius 2 is 0.667 bits per heavy atom. The second-order valence-corrected chi connectivity index (χ2v) is 11.1. The molecule has 2 aliphatic rings. The Morgan fingerprint density at radius 3 is 0.917 bits per heavy atom. The average Bonchev–Trinajstić information content (AvgIpc) is 3.81. The molecule has 0 aromatic rings. The molecule has 0 bridgehead atoms. The van der Waals surface area contributed by atoms with Gasteiger partial charge in [0.25, 0.3) is 0 Å². The number of hydrogen-bond acceptors (Lipinski definition) is 4. The number of hydrogen-bond donors (Lipinski definition) is 0. The fraction of sp³-hybridized carbons (Fsp3) is 1.00. The van der Waals surface area contributed by atoms with Crippen molar-refractivity contribution < 1.29 is 18.9 Å². The molecule has 2 rings (SSSR count). The number of ether oxygens (including phenoxy) is 4. The van der Waals surface area contributed by atoms with Crippen LogP contribution >= 0.6 is 0 Å². The highest BCUT2D eigenvalue weighted by atomic mass is 16.6. The van der Waals surface area contributed by atoms with E-state index < -0.39 is 0 Å². The van der Waals surface area contributed by atoms with Crippen molar-refractivity contribution in [3.63, 3.8) is 0 Å². The molecular formula is C32H64O4. The van der Waals surface area contributed by atoms with Crippen LogP contribution in [-0.2, 0) is 18.9 Å². The highest BCUT2D eigenvalue weighted by Gasteiger charge is 2.22. The Balaban J connectivity index is 0.000000362. The lowest BCUT2D eigenvalue weighted by molar-refractivity contribution is 0.113. The minimum Gasteiger partial charge on any atom is -0.379 e. The van der Waals surface area contributed by atoms with Gasteiger partial charge in [-0.25, -0.2) is 0 Å². The van der Waals surface area contributed by atoms with Crippen LogP contribution in [0.4, 0.5) is 0 Å². The van der Waals surface area contributed by atoms with E-state index in [-0.39, 0.29) is 0 Å². The van der Waals surface area contributed by atoms with E-state index >= 15 is 0 Å². The van der Waals surface area contributed by atoms with Crippen LogP contribution in [0.25, 0.3) is 0 Å². The maximum Gasteiger partial charge on any atom is 0.104 e. The van der Waals surface area contributed by atoms with Gasteiger partial charge in [0.05, 0.1) is 26.4 Å². The lowest BCUT2D eigenvalue weighted by Gasteiger charge is -2.03. The first-order chi connectivity index (χ1) is 17.9. The molecule has 2 fully saturated rings. The summed E-state index contributed by atoms with van der Waals surface area (Å²) < 4.78 is 21.2. The van der Waals surface area contributed by atoms with Crippen molar-refractivity contribution in [2.45, 2.75) is 167 Å². The Hall–Kier alpha value is -0.160. The van der Waals surface area contributed by atoms with E-state index in [1.54, 1.807) is 0 Å². The van der Waals surface area contributed by atoms with Crippen molar-refractivity contribution in [3.05, 3.63) is 0 Å². The van der Waals surface area contributed by atoms with Crippen molar-refractivity contribution in [3.8, 4) is 0 Å². The Bertz CT molecular complexity index is 409. The highest BCUT2D eigenvalue weighted by molar-refractivity contribution is 4.67. The molecule has 2 atom stereocenters. The highest BCUT2D eigenvalue weighted by Crippen LogP contribution is 2.13. The maximum absolute atomic E-state index is 5.52. The molecule has 2 heterocycles. The summed E-state index contributed by atoms with van der Waals surface area (Å²) in [5.74, 6) is 0. The van der Waals surface area contributed by atoms with Crippen molar-refractivity contribution in [1.29, 1.82) is 0 Å². The van der Waals surface area contributed by atoms with Crippen LogP contribution in [0.3, 0.4) is 0 Å². The largest absolute Gasteiger partial charge is 0.379 e. The van der Waals surface area contributed by atoms with Crippen LogP contribution in [-0.4, -0.2) is 51.8 Å². The van der Waals surface area contributed by atoms with Gasteiger partial charge in [-0.2, -0.15) is 0 Å². The smallest absolute Gasteiger partial charge is 0.104 e. The van der Waals surface area contributed by atoms with Gasteiger partial charge in [-0.05, 0) is 12.8 Å². The van der Waals surface area contributed by atoms with E-state index in [0.717, 1.165) is 39.6 Å². The van der Waals surface area contributed by atoms with Gasteiger partial charge in [0.15, 0.2) is 0 Å². The third-order valence-electron chi connectivity index (χ3n) is 7.20. The van der Waals surface area contributed by atoms with Gasteiger partial charge in [0.2, 0.25) is 0 Å². The lowest BCUT2D eigenvalue weighted by Crippen LogP contribution is -2.02. The monoisotopic (exact) mass is 512 g/mol. The zero-order valence-corrected chi connectivity index (χ0v) is 24.6. The number of epoxide rings is 2. The van der Waals surface area contributed by atoms with Crippen molar-refractivity contribution in [2.75, 3.05) is 39.6 Å². The normalized spacial score (nSPS) is 18.2. The van der Waals surface area contributed by atoms with E-state index in [1.165, 1.54) is 141 Å². The predicted molar refractivity (Wildman–Crippen MR) is 154 cm³/mol. The fourth-order valence-electron chi connectivity index (χ4n) is 4.49. The van der Waals surface area contributed by atoms with Crippen LogP contribution in [0.2, 0.25) is 0 Å². The van der Waals surface area contributed by atoms with Crippen molar-refractivity contribution >= 4 is 0 Å².